The Labute approximate surface area is 183 Å². The Hall–Kier alpha value is -2.35. The van der Waals surface area contributed by atoms with Crippen LogP contribution >= 0.6 is 12.4 Å². The maximum absolute atomic E-state index is 11.1. The number of amides is 1. The molecule has 162 valence electrons. The smallest absolute Gasteiger partial charge is 0.255 e. The summed E-state index contributed by atoms with van der Waals surface area (Å²) in [5.74, 6) is 0.890. The zero-order chi connectivity index (χ0) is 20.5. The molecule has 4 N–H and O–H groups in total. The monoisotopic (exact) mass is 432 g/mol. The molecule has 0 unspecified atom stereocenters. The number of fused-ring (bicyclic) bond motifs is 3. The van der Waals surface area contributed by atoms with Crippen molar-refractivity contribution in [3.8, 4) is 11.5 Å². The number of methoxy groups -OCH3 is 1. The van der Waals surface area contributed by atoms with Crippen molar-refractivity contribution in [3.63, 3.8) is 0 Å². The second-order valence-electron chi connectivity index (χ2n) is 7.98. The predicted octanol–water partition coefficient (Wildman–Crippen LogP) is 2.10. The van der Waals surface area contributed by atoms with Gasteiger partial charge in [0.05, 0.1) is 7.11 Å². The summed E-state index contributed by atoms with van der Waals surface area (Å²) < 4.78 is 11.1. The second kappa shape index (κ2) is 9.20. The number of aromatic nitrogens is 1. The summed E-state index contributed by atoms with van der Waals surface area (Å²) >= 11 is 0. The number of hydrogen-bond donors (Lipinski definition) is 2. The molecule has 2 aliphatic rings. The molecule has 0 saturated carbocycles. The summed E-state index contributed by atoms with van der Waals surface area (Å²) in [6, 6.07) is 8.45. The van der Waals surface area contributed by atoms with Crippen LogP contribution in [0.3, 0.4) is 0 Å². The zero-order valence-corrected chi connectivity index (χ0v) is 18.2. The van der Waals surface area contributed by atoms with Gasteiger partial charge in [0.2, 0.25) is 0 Å². The Morgan fingerprint density at radius 2 is 2.10 bits per heavy atom. The van der Waals surface area contributed by atoms with Gasteiger partial charge in [-0.1, -0.05) is 0 Å². The van der Waals surface area contributed by atoms with Crippen LogP contribution in [0.4, 0.5) is 0 Å². The van der Waals surface area contributed by atoms with Gasteiger partial charge < -0.3 is 20.9 Å². The van der Waals surface area contributed by atoms with Gasteiger partial charge in [-0.05, 0) is 60.7 Å². The highest BCUT2D eigenvalue weighted by Crippen LogP contribution is 2.44. The maximum Gasteiger partial charge on any atom is 0.255 e. The molecule has 7 nitrogen and oxygen atoms in total. The van der Waals surface area contributed by atoms with Crippen molar-refractivity contribution in [1.82, 2.24) is 9.88 Å². The van der Waals surface area contributed by atoms with E-state index >= 15 is 0 Å². The number of halogens is 1. The van der Waals surface area contributed by atoms with Crippen molar-refractivity contribution in [2.45, 2.75) is 37.8 Å². The van der Waals surface area contributed by atoms with Crippen molar-refractivity contribution >= 4 is 18.3 Å². The van der Waals surface area contributed by atoms with Crippen LogP contribution in [0, 0.1) is 6.92 Å². The molecular weight excluding hydrogens is 404 g/mol. The molecule has 0 spiro atoms. The number of hydrogen-bond acceptors (Lipinski definition) is 6. The molecule has 1 aromatic heterocycles. The standard InChI is InChI=1S/C22H28N4O3.ClH/c1-13-3-5-25-18(7-13)16-11-26-6-4-14-8-21(29-12-22(24)27)20(28-2)9-15(14)19(26)10-17(16)23;/h3,5,7-9,16-17,19H,4,6,10-12,23H2,1-2H3,(H2,24,27);1H/t16-,17-,19-;/m1./s1. The van der Waals surface area contributed by atoms with Crippen molar-refractivity contribution in [1.29, 1.82) is 0 Å². The van der Waals surface area contributed by atoms with Gasteiger partial charge in [0, 0.05) is 43.0 Å². The number of rotatable bonds is 5. The molecule has 0 radical (unpaired) electrons. The highest BCUT2D eigenvalue weighted by Gasteiger charge is 2.39. The van der Waals surface area contributed by atoms with Crippen molar-refractivity contribution in [3.05, 3.63) is 52.8 Å². The van der Waals surface area contributed by atoms with E-state index in [-0.39, 0.29) is 37.0 Å². The Balaban J connectivity index is 0.00000256. The molecule has 2 aromatic rings. The van der Waals surface area contributed by atoms with Gasteiger partial charge in [-0.2, -0.15) is 0 Å². The third kappa shape index (κ3) is 4.38. The van der Waals surface area contributed by atoms with Gasteiger partial charge in [-0.25, -0.2) is 0 Å². The summed E-state index contributed by atoms with van der Waals surface area (Å²) in [7, 11) is 1.60. The second-order valence-corrected chi connectivity index (χ2v) is 7.98. The molecular formula is C22H29ClN4O3. The molecule has 0 aliphatic carbocycles. The quantitative estimate of drug-likeness (QED) is 0.749. The van der Waals surface area contributed by atoms with Gasteiger partial charge in [0.1, 0.15) is 0 Å². The van der Waals surface area contributed by atoms with Crippen LogP contribution < -0.4 is 20.9 Å². The number of piperidine rings is 1. The topological polar surface area (TPSA) is 104 Å². The highest BCUT2D eigenvalue weighted by molar-refractivity contribution is 5.85. The Bertz CT molecular complexity index is 923. The fourth-order valence-corrected chi connectivity index (χ4v) is 4.56. The molecule has 0 bridgehead atoms. The van der Waals surface area contributed by atoms with E-state index in [2.05, 4.69) is 22.9 Å². The molecule has 30 heavy (non-hydrogen) atoms. The summed E-state index contributed by atoms with van der Waals surface area (Å²) in [5.41, 5.74) is 16.6. The molecule has 3 atom stereocenters. The first-order chi connectivity index (χ1) is 14.0. The summed E-state index contributed by atoms with van der Waals surface area (Å²) in [4.78, 5) is 18.2. The minimum atomic E-state index is -0.509. The van der Waals surface area contributed by atoms with Gasteiger partial charge in [-0.15, -0.1) is 12.4 Å². The van der Waals surface area contributed by atoms with Crippen LogP contribution in [0.25, 0.3) is 0 Å². The van der Waals surface area contributed by atoms with E-state index in [9.17, 15) is 4.79 Å². The fraction of sp³-hybridized carbons (Fsp3) is 0.455. The first kappa shape index (κ1) is 22.3. The van der Waals surface area contributed by atoms with E-state index in [1.807, 2.05) is 24.4 Å². The van der Waals surface area contributed by atoms with E-state index < -0.39 is 5.91 Å². The minimum Gasteiger partial charge on any atom is -0.493 e. The molecule has 3 heterocycles. The van der Waals surface area contributed by atoms with Crippen molar-refractivity contribution < 1.29 is 14.3 Å². The lowest BCUT2D eigenvalue weighted by molar-refractivity contribution is -0.119. The number of aryl methyl sites for hydroxylation is 1. The van der Waals surface area contributed by atoms with Gasteiger partial charge in [-0.3, -0.25) is 14.7 Å². The molecule has 1 amide bonds. The SMILES string of the molecule is COc1cc2c(cc1OCC(N)=O)CCN1C[C@@H](c3cc(C)ccn3)[C@H](N)C[C@H]21.Cl. The largest absolute Gasteiger partial charge is 0.493 e. The van der Waals surface area contributed by atoms with Crippen LogP contribution in [0.15, 0.2) is 30.5 Å². The number of nitrogens with zero attached hydrogens (tertiary/aromatic N) is 2. The van der Waals surface area contributed by atoms with E-state index in [0.717, 1.165) is 31.6 Å². The molecule has 1 saturated heterocycles. The van der Waals surface area contributed by atoms with Gasteiger partial charge in [0.25, 0.3) is 5.91 Å². The Morgan fingerprint density at radius 3 is 2.80 bits per heavy atom. The van der Waals surface area contributed by atoms with E-state index in [1.54, 1.807) is 7.11 Å². The number of nitrogens with two attached hydrogens (primary N) is 2. The van der Waals surface area contributed by atoms with Crippen molar-refractivity contribution in [2.75, 3.05) is 26.8 Å². The lowest BCUT2D eigenvalue weighted by Gasteiger charge is -2.46. The third-order valence-corrected chi connectivity index (χ3v) is 6.02. The Kier molecular flexibility index (Phi) is 6.85. The lowest BCUT2D eigenvalue weighted by Crippen LogP contribution is -2.50. The average Bonchev–Trinajstić information content (AvgIpc) is 2.71. The molecule has 1 fully saturated rings. The molecule has 1 aromatic carbocycles. The number of benzene rings is 1. The third-order valence-electron chi connectivity index (χ3n) is 6.02. The average molecular weight is 433 g/mol. The first-order valence-electron chi connectivity index (χ1n) is 10.0. The van der Waals surface area contributed by atoms with Crippen LogP contribution in [0.1, 0.15) is 40.8 Å². The number of carbonyl (C=O) groups excluding carboxylic acids is 1. The minimum absolute atomic E-state index is 0. The first-order valence-corrected chi connectivity index (χ1v) is 10.0. The summed E-state index contributed by atoms with van der Waals surface area (Å²) in [6.45, 7) is 3.77. The number of carbonyl (C=O) groups is 1. The number of ether oxygens (including phenoxy) is 2. The zero-order valence-electron chi connectivity index (χ0n) is 17.3. The van der Waals surface area contributed by atoms with Crippen LogP contribution in [-0.4, -0.2) is 48.6 Å². The molecule has 4 rings (SSSR count). The number of pyridine rings is 1. The summed E-state index contributed by atoms with van der Waals surface area (Å²) in [6.07, 6.45) is 3.64. The van der Waals surface area contributed by atoms with Crippen LogP contribution in [-0.2, 0) is 11.2 Å². The van der Waals surface area contributed by atoms with E-state index in [4.69, 9.17) is 20.9 Å². The van der Waals surface area contributed by atoms with Gasteiger partial charge >= 0.3 is 0 Å². The highest BCUT2D eigenvalue weighted by atomic mass is 35.5. The molecule has 8 heteroatoms. The molecule has 2 aliphatic heterocycles. The van der Waals surface area contributed by atoms with Crippen molar-refractivity contribution in [2.24, 2.45) is 11.5 Å². The number of primary amides is 1. The lowest BCUT2D eigenvalue weighted by atomic mass is 9.79. The van der Waals surface area contributed by atoms with E-state index in [0.29, 0.717) is 11.5 Å². The summed E-state index contributed by atoms with van der Waals surface area (Å²) in [5, 5.41) is 0. The predicted molar refractivity (Wildman–Crippen MR) is 117 cm³/mol. The van der Waals surface area contributed by atoms with E-state index in [1.165, 1.54) is 16.7 Å². The van der Waals surface area contributed by atoms with Gasteiger partial charge in [0.15, 0.2) is 18.1 Å². The maximum atomic E-state index is 11.1. The van der Waals surface area contributed by atoms with Crippen LogP contribution in [0.2, 0.25) is 0 Å². The fourth-order valence-electron chi connectivity index (χ4n) is 4.56. The normalized spacial score (nSPS) is 23.0. The van der Waals surface area contributed by atoms with Crippen LogP contribution in [0.5, 0.6) is 11.5 Å². The Morgan fingerprint density at radius 1 is 1.30 bits per heavy atom.